The van der Waals surface area contributed by atoms with Crippen LogP contribution in [0.4, 0.5) is 5.69 Å². The van der Waals surface area contributed by atoms with E-state index in [2.05, 4.69) is 11.4 Å². The van der Waals surface area contributed by atoms with Gasteiger partial charge in [0.2, 0.25) is 5.69 Å². The molecule has 1 aromatic rings. The summed E-state index contributed by atoms with van der Waals surface area (Å²) in [5.41, 5.74) is 1.49. The van der Waals surface area contributed by atoms with E-state index in [-0.39, 0.29) is 11.4 Å². The topological polar surface area (TPSA) is 61.9 Å². The highest BCUT2D eigenvalue weighted by atomic mass is 35.5. The molecule has 0 radical (unpaired) electrons. The SMILES string of the molecule is [C-]#[N+]c1ccc(C[C@@H](C(=O)O)[C@H](C)O)c(C=C)c1Cl. The maximum absolute atomic E-state index is 11.1. The standard InChI is InChI=1S/C14H14ClNO3/c1-4-10-9(5-6-12(16-3)13(10)15)7-11(8(2)17)14(18)19/h4-6,8,11,17H,1,7H2,2H3,(H,18,19)/t8-,11+/m0/s1. The van der Waals surface area contributed by atoms with Gasteiger partial charge in [-0.15, -0.1) is 0 Å². The molecule has 1 rings (SSSR count). The van der Waals surface area contributed by atoms with Crippen LogP contribution in [0.1, 0.15) is 18.1 Å². The molecule has 0 heterocycles. The minimum absolute atomic E-state index is 0.131. The van der Waals surface area contributed by atoms with Gasteiger partial charge in [-0.3, -0.25) is 4.79 Å². The third-order valence-electron chi connectivity index (χ3n) is 2.91. The molecular formula is C14H14ClNO3. The Hall–Kier alpha value is -1.83. The van der Waals surface area contributed by atoms with Crippen molar-refractivity contribution >= 4 is 29.3 Å². The van der Waals surface area contributed by atoms with Crippen LogP contribution in [0, 0.1) is 12.5 Å². The number of carbonyl (C=O) groups is 1. The quantitative estimate of drug-likeness (QED) is 0.814. The molecule has 2 atom stereocenters. The summed E-state index contributed by atoms with van der Waals surface area (Å²) in [6.07, 6.45) is 0.647. The summed E-state index contributed by atoms with van der Waals surface area (Å²) in [5, 5.41) is 18.8. The molecule has 5 heteroatoms. The predicted octanol–water partition coefficient (Wildman–Crippen LogP) is 3.16. The number of carboxylic acids is 1. The van der Waals surface area contributed by atoms with E-state index in [1.165, 1.54) is 13.0 Å². The zero-order valence-electron chi connectivity index (χ0n) is 10.4. The molecule has 0 unspecified atom stereocenters. The lowest BCUT2D eigenvalue weighted by Crippen LogP contribution is -2.27. The van der Waals surface area contributed by atoms with Crippen LogP contribution in [0.3, 0.4) is 0 Å². The molecule has 0 aliphatic rings. The minimum Gasteiger partial charge on any atom is -0.481 e. The van der Waals surface area contributed by atoms with Crippen molar-refractivity contribution in [2.24, 2.45) is 5.92 Å². The molecule has 4 nitrogen and oxygen atoms in total. The van der Waals surface area contributed by atoms with Crippen LogP contribution in [-0.2, 0) is 11.2 Å². The highest BCUT2D eigenvalue weighted by Gasteiger charge is 2.24. The van der Waals surface area contributed by atoms with Crippen molar-refractivity contribution in [1.29, 1.82) is 0 Å². The Labute approximate surface area is 116 Å². The number of benzene rings is 1. The maximum Gasteiger partial charge on any atom is 0.309 e. The molecule has 0 bridgehead atoms. The first-order chi connectivity index (χ1) is 8.92. The second-order valence-corrected chi connectivity index (χ2v) is 4.55. The third-order valence-corrected chi connectivity index (χ3v) is 3.31. The van der Waals surface area contributed by atoms with Crippen LogP contribution in [-0.4, -0.2) is 22.3 Å². The molecule has 0 aliphatic heterocycles. The predicted molar refractivity (Wildman–Crippen MR) is 74.3 cm³/mol. The second-order valence-electron chi connectivity index (χ2n) is 4.18. The summed E-state index contributed by atoms with van der Waals surface area (Å²) in [5.74, 6) is -2.00. The fourth-order valence-corrected chi connectivity index (χ4v) is 2.11. The lowest BCUT2D eigenvalue weighted by molar-refractivity contribution is -0.145. The number of halogens is 1. The number of aliphatic carboxylic acids is 1. The first kappa shape index (κ1) is 15.2. The lowest BCUT2D eigenvalue weighted by Gasteiger charge is -2.17. The van der Waals surface area contributed by atoms with Crippen LogP contribution < -0.4 is 0 Å². The van der Waals surface area contributed by atoms with Gasteiger partial charge in [-0.2, -0.15) is 0 Å². The van der Waals surface area contributed by atoms with Gasteiger partial charge in [-0.05, 0) is 24.5 Å². The van der Waals surface area contributed by atoms with E-state index in [9.17, 15) is 9.90 Å². The van der Waals surface area contributed by atoms with Crippen molar-refractivity contribution in [3.8, 4) is 0 Å². The summed E-state index contributed by atoms with van der Waals surface area (Å²) in [4.78, 5) is 14.4. The Bertz CT molecular complexity index is 546. The monoisotopic (exact) mass is 279 g/mol. The molecular weight excluding hydrogens is 266 g/mol. The van der Waals surface area contributed by atoms with Crippen molar-refractivity contribution in [3.05, 3.63) is 46.3 Å². The Balaban J connectivity index is 3.22. The summed E-state index contributed by atoms with van der Waals surface area (Å²) in [7, 11) is 0. The van der Waals surface area contributed by atoms with Crippen molar-refractivity contribution in [2.75, 3.05) is 0 Å². The van der Waals surface area contributed by atoms with Gasteiger partial charge in [0.1, 0.15) is 0 Å². The van der Waals surface area contributed by atoms with Crippen LogP contribution >= 0.6 is 11.6 Å². The van der Waals surface area contributed by atoms with Crippen LogP contribution in [0.25, 0.3) is 10.9 Å². The number of hydrogen-bond donors (Lipinski definition) is 2. The number of nitrogens with zero attached hydrogens (tertiary/aromatic N) is 1. The van der Waals surface area contributed by atoms with Crippen molar-refractivity contribution in [3.63, 3.8) is 0 Å². The molecule has 1 aromatic carbocycles. The summed E-state index contributed by atoms with van der Waals surface area (Å²) in [6, 6.07) is 3.19. The van der Waals surface area contributed by atoms with E-state index < -0.39 is 18.0 Å². The molecule has 0 saturated carbocycles. The maximum atomic E-state index is 11.1. The average Bonchev–Trinajstić information content (AvgIpc) is 2.35. The molecule has 0 aromatic heterocycles. The number of aliphatic hydroxyl groups is 1. The van der Waals surface area contributed by atoms with Crippen molar-refractivity contribution < 1.29 is 15.0 Å². The molecule has 2 N–H and O–H groups in total. The molecule has 0 spiro atoms. The number of aliphatic hydroxyl groups excluding tert-OH is 1. The largest absolute Gasteiger partial charge is 0.481 e. The van der Waals surface area contributed by atoms with Crippen LogP contribution in [0.5, 0.6) is 0 Å². The van der Waals surface area contributed by atoms with Gasteiger partial charge in [0, 0.05) is 0 Å². The molecule has 0 amide bonds. The molecule has 0 aliphatic carbocycles. The minimum atomic E-state index is -1.07. The lowest BCUT2D eigenvalue weighted by atomic mass is 9.92. The van der Waals surface area contributed by atoms with Gasteiger partial charge >= 0.3 is 5.97 Å². The zero-order valence-corrected chi connectivity index (χ0v) is 11.2. The number of hydrogen-bond acceptors (Lipinski definition) is 2. The summed E-state index contributed by atoms with van der Waals surface area (Å²) >= 11 is 6.06. The van der Waals surface area contributed by atoms with Crippen LogP contribution in [0.15, 0.2) is 18.7 Å². The van der Waals surface area contributed by atoms with Gasteiger partial charge in [-0.1, -0.05) is 36.4 Å². The van der Waals surface area contributed by atoms with E-state index in [1.54, 1.807) is 12.1 Å². The fourth-order valence-electron chi connectivity index (χ4n) is 1.81. The Kier molecular flexibility index (Phi) is 5.11. The highest BCUT2D eigenvalue weighted by molar-refractivity contribution is 6.34. The first-order valence-electron chi connectivity index (χ1n) is 5.64. The summed E-state index contributed by atoms with van der Waals surface area (Å²) in [6.45, 7) is 12.0. The highest BCUT2D eigenvalue weighted by Crippen LogP contribution is 2.33. The molecule has 0 saturated heterocycles. The fraction of sp³-hybridized carbons (Fsp3) is 0.286. The van der Waals surface area contributed by atoms with E-state index in [0.29, 0.717) is 16.8 Å². The van der Waals surface area contributed by atoms with Gasteiger partial charge < -0.3 is 10.2 Å². The van der Waals surface area contributed by atoms with Gasteiger partial charge in [0.15, 0.2) is 0 Å². The molecule has 100 valence electrons. The number of rotatable bonds is 5. The Morgan fingerprint density at radius 3 is 2.68 bits per heavy atom. The third kappa shape index (κ3) is 3.34. The van der Waals surface area contributed by atoms with Crippen molar-refractivity contribution in [1.82, 2.24) is 0 Å². The van der Waals surface area contributed by atoms with E-state index >= 15 is 0 Å². The van der Waals surface area contributed by atoms with E-state index in [4.69, 9.17) is 23.3 Å². The number of carboxylic acid groups (broad SMARTS) is 1. The normalized spacial score (nSPS) is 13.4. The first-order valence-corrected chi connectivity index (χ1v) is 6.02. The Morgan fingerprint density at radius 2 is 2.26 bits per heavy atom. The van der Waals surface area contributed by atoms with Gasteiger partial charge in [0.05, 0.1) is 23.6 Å². The molecule has 0 fully saturated rings. The smallest absolute Gasteiger partial charge is 0.309 e. The Morgan fingerprint density at radius 1 is 1.63 bits per heavy atom. The van der Waals surface area contributed by atoms with Crippen LogP contribution in [0.2, 0.25) is 5.02 Å². The average molecular weight is 280 g/mol. The van der Waals surface area contributed by atoms with Gasteiger partial charge in [-0.25, -0.2) is 4.85 Å². The zero-order chi connectivity index (χ0) is 14.6. The molecule has 19 heavy (non-hydrogen) atoms. The van der Waals surface area contributed by atoms with Gasteiger partial charge in [0.25, 0.3) is 0 Å². The van der Waals surface area contributed by atoms with E-state index in [1.807, 2.05) is 0 Å². The van der Waals surface area contributed by atoms with E-state index in [0.717, 1.165) is 0 Å². The summed E-state index contributed by atoms with van der Waals surface area (Å²) < 4.78 is 0. The second kappa shape index (κ2) is 6.37. The van der Waals surface area contributed by atoms with Crippen molar-refractivity contribution in [2.45, 2.75) is 19.4 Å².